The second kappa shape index (κ2) is 8.19. The molecule has 1 spiro atoms. The van der Waals surface area contributed by atoms with Crippen molar-refractivity contribution < 1.29 is 24.9 Å². The highest BCUT2D eigenvalue weighted by Crippen LogP contribution is 2.63. The number of aliphatic hydroxyl groups is 2. The molecule has 3 heterocycles. The van der Waals surface area contributed by atoms with Gasteiger partial charge in [-0.3, -0.25) is 9.69 Å². The first-order valence-electron chi connectivity index (χ1n) is 14.1. The van der Waals surface area contributed by atoms with Crippen molar-refractivity contribution in [2.75, 3.05) is 20.1 Å². The molecule has 2 aliphatic heterocycles. The van der Waals surface area contributed by atoms with Gasteiger partial charge in [0.15, 0.2) is 11.5 Å². The van der Waals surface area contributed by atoms with Crippen LogP contribution < -0.4 is 4.74 Å². The Bertz CT molecular complexity index is 1280. The first-order valence-corrected chi connectivity index (χ1v) is 15.0. The highest BCUT2D eigenvalue weighted by Gasteiger charge is 2.71. The van der Waals surface area contributed by atoms with Gasteiger partial charge in [-0.25, -0.2) is 0 Å². The Morgan fingerprint density at radius 3 is 2.71 bits per heavy atom. The molecular formula is C30H38N2O5S. The number of aryl methyl sites for hydroxylation is 1. The lowest BCUT2D eigenvalue weighted by atomic mass is 9.51. The number of hydrogen-bond acceptors (Lipinski definition) is 7. The third-order valence-electron chi connectivity index (χ3n) is 10.7. The minimum absolute atomic E-state index is 0.00895. The maximum absolute atomic E-state index is 13.7. The number of ether oxygens (including phenoxy) is 1. The third kappa shape index (κ3) is 3.33. The number of phenols is 1. The SMILES string of the molecule is Cc1ccc(O)c2c1[C@]13CCN(CC4(O)CC4)C(C)[C@]1(O)CC[C@@H](N(C)C(=O)C1CC1c1ccsc1)[C@@H]3O2. The van der Waals surface area contributed by atoms with Crippen LogP contribution in [0.2, 0.25) is 0 Å². The van der Waals surface area contributed by atoms with E-state index in [-0.39, 0.29) is 35.6 Å². The maximum Gasteiger partial charge on any atom is 0.226 e. The lowest BCUT2D eigenvalue weighted by Gasteiger charge is -2.62. The average Bonchev–Trinajstić information content (AvgIpc) is 3.73. The summed E-state index contributed by atoms with van der Waals surface area (Å²) >= 11 is 1.67. The maximum atomic E-state index is 13.7. The minimum atomic E-state index is -1.12. The van der Waals surface area contributed by atoms with Crippen molar-refractivity contribution in [1.82, 2.24) is 9.80 Å². The summed E-state index contributed by atoms with van der Waals surface area (Å²) < 4.78 is 6.66. The van der Waals surface area contributed by atoms with Gasteiger partial charge in [0.2, 0.25) is 5.91 Å². The smallest absolute Gasteiger partial charge is 0.226 e. The van der Waals surface area contributed by atoms with E-state index in [4.69, 9.17) is 4.74 Å². The van der Waals surface area contributed by atoms with Gasteiger partial charge in [0.05, 0.1) is 22.7 Å². The van der Waals surface area contributed by atoms with Crippen LogP contribution in [0.4, 0.5) is 0 Å². The number of rotatable bonds is 5. The van der Waals surface area contributed by atoms with Crippen LogP contribution in [0, 0.1) is 12.8 Å². The number of fused-ring (bicyclic) bond motifs is 1. The highest BCUT2D eigenvalue weighted by atomic mass is 32.1. The third-order valence-corrected chi connectivity index (χ3v) is 11.4. The number of aromatic hydroxyl groups is 1. The van der Waals surface area contributed by atoms with Crippen LogP contribution in [0.1, 0.15) is 68.1 Å². The number of nitrogens with zero attached hydrogens (tertiary/aromatic N) is 2. The zero-order valence-corrected chi connectivity index (χ0v) is 23.2. The molecule has 2 aromatic rings. The van der Waals surface area contributed by atoms with Crippen molar-refractivity contribution >= 4 is 17.2 Å². The van der Waals surface area contributed by atoms with Gasteiger partial charge in [-0.1, -0.05) is 6.07 Å². The Kier molecular flexibility index (Phi) is 5.36. The Morgan fingerprint density at radius 1 is 1.21 bits per heavy atom. The second-order valence-electron chi connectivity index (χ2n) is 12.7. The number of likely N-dealkylation sites (tertiary alicyclic amines) is 1. The zero-order valence-electron chi connectivity index (χ0n) is 22.4. The zero-order chi connectivity index (χ0) is 26.6. The topological polar surface area (TPSA) is 93.5 Å². The van der Waals surface area contributed by atoms with E-state index < -0.39 is 22.7 Å². The van der Waals surface area contributed by atoms with E-state index in [1.54, 1.807) is 17.4 Å². The van der Waals surface area contributed by atoms with Crippen LogP contribution in [0.15, 0.2) is 29.0 Å². The van der Waals surface area contributed by atoms with Gasteiger partial charge >= 0.3 is 0 Å². The molecule has 0 radical (unpaired) electrons. The molecule has 7 rings (SSSR count). The van der Waals surface area contributed by atoms with Gasteiger partial charge in [-0.15, -0.1) is 0 Å². The Labute approximate surface area is 228 Å². The van der Waals surface area contributed by atoms with Crippen molar-refractivity contribution in [3.05, 3.63) is 45.6 Å². The van der Waals surface area contributed by atoms with Crippen molar-refractivity contribution in [3.63, 3.8) is 0 Å². The van der Waals surface area contributed by atoms with Crippen LogP contribution in [0.25, 0.3) is 0 Å². The van der Waals surface area contributed by atoms with Crippen molar-refractivity contribution in [3.8, 4) is 11.5 Å². The first-order chi connectivity index (χ1) is 18.1. The normalized spacial score (nSPS) is 38.5. The van der Waals surface area contributed by atoms with Gasteiger partial charge in [-0.2, -0.15) is 11.3 Å². The largest absolute Gasteiger partial charge is 0.504 e. The molecule has 1 aromatic carbocycles. The van der Waals surface area contributed by atoms with E-state index in [9.17, 15) is 20.1 Å². The number of amides is 1. The van der Waals surface area contributed by atoms with Crippen LogP contribution >= 0.6 is 11.3 Å². The molecule has 0 bridgehead atoms. The fourth-order valence-corrected chi connectivity index (χ4v) is 8.97. The standard InChI is InChI=1S/C30H38N2O5S/c1-17-4-5-23(33)25-24(17)29-11-12-32(16-28(35)9-10-28)18(2)30(29,36)8-6-22(26(29)37-25)31(3)27(34)21-14-20(21)19-7-13-38-15-19/h4-5,7,13,15,18,20-22,26,33,35-36H,6,8-12,14,16H2,1-3H3/t18?,20?,21?,22-,26+,29+,30-/m1/s1. The number of carbonyl (C=O) groups excluding carboxylic acids is 1. The van der Waals surface area contributed by atoms with Crippen LogP contribution in [-0.2, 0) is 10.2 Å². The number of phenolic OH excluding ortho intramolecular Hbond substituents is 1. The summed E-state index contributed by atoms with van der Waals surface area (Å²) in [6.07, 6.45) is 3.83. The predicted molar refractivity (Wildman–Crippen MR) is 145 cm³/mol. The Morgan fingerprint density at radius 2 is 2.00 bits per heavy atom. The van der Waals surface area contributed by atoms with Crippen molar-refractivity contribution in [2.24, 2.45) is 5.92 Å². The van der Waals surface area contributed by atoms with Crippen molar-refractivity contribution in [1.29, 1.82) is 0 Å². The summed E-state index contributed by atoms with van der Waals surface area (Å²) in [6, 6.07) is 5.29. The number of β-amino-alcohol motifs (C(OH)–C–C–N with tert-alkyl or cyclic N) is 1. The molecule has 3 N–H and O–H groups in total. The molecule has 3 unspecified atom stereocenters. The molecule has 7 nitrogen and oxygen atoms in total. The molecule has 204 valence electrons. The van der Waals surface area contributed by atoms with E-state index >= 15 is 0 Å². The van der Waals surface area contributed by atoms with E-state index in [1.807, 2.05) is 24.9 Å². The highest BCUT2D eigenvalue weighted by molar-refractivity contribution is 7.08. The number of benzene rings is 1. The van der Waals surface area contributed by atoms with Gasteiger partial charge in [0.1, 0.15) is 6.10 Å². The molecule has 5 aliphatic rings. The molecule has 3 aliphatic carbocycles. The monoisotopic (exact) mass is 538 g/mol. The summed E-state index contributed by atoms with van der Waals surface area (Å²) in [7, 11) is 1.90. The quantitative estimate of drug-likeness (QED) is 0.539. The number of piperidine rings is 1. The molecule has 4 fully saturated rings. The van der Waals surface area contributed by atoms with Gasteiger partial charge in [0.25, 0.3) is 0 Å². The fraction of sp³-hybridized carbons (Fsp3) is 0.633. The molecule has 1 amide bonds. The lowest BCUT2D eigenvalue weighted by molar-refractivity contribution is -0.195. The molecule has 1 saturated heterocycles. The second-order valence-corrected chi connectivity index (χ2v) is 13.5. The molecule has 7 atom stereocenters. The number of likely N-dealkylation sites (N-methyl/N-ethyl adjacent to an activating group) is 1. The molecule has 8 heteroatoms. The van der Waals surface area contributed by atoms with Crippen LogP contribution in [0.3, 0.4) is 0 Å². The molecule has 3 saturated carbocycles. The summed E-state index contributed by atoms with van der Waals surface area (Å²) in [5, 5.41) is 38.5. The number of thiophene rings is 1. The number of hydrogen-bond donors (Lipinski definition) is 3. The fourth-order valence-electron chi connectivity index (χ4n) is 8.25. The van der Waals surface area contributed by atoms with E-state index in [2.05, 4.69) is 28.7 Å². The predicted octanol–water partition coefficient (Wildman–Crippen LogP) is 3.54. The average molecular weight is 539 g/mol. The summed E-state index contributed by atoms with van der Waals surface area (Å²) in [5.41, 5.74) is 0.634. The summed E-state index contributed by atoms with van der Waals surface area (Å²) in [6.45, 7) is 5.38. The number of carbonyl (C=O) groups is 1. The Hall–Kier alpha value is -2.13. The van der Waals surface area contributed by atoms with Gasteiger partial charge < -0.3 is 25.0 Å². The first kappa shape index (κ1) is 24.9. The molecule has 38 heavy (non-hydrogen) atoms. The molecule has 1 aromatic heterocycles. The summed E-state index contributed by atoms with van der Waals surface area (Å²) in [4.78, 5) is 17.9. The lowest BCUT2D eigenvalue weighted by Crippen LogP contribution is -2.76. The Balaban J connectivity index is 1.25. The molecular weight excluding hydrogens is 500 g/mol. The van der Waals surface area contributed by atoms with Gasteiger partial charge in [-0.05, 0) is 98.9 Å². The van der Waals surface area contributed by atoms with E-state index in [0.29, 0.717) is 38.1 Å². The van der Waals surface area contributed by atoms with E-state index in [0.717, 1.165) is 30.4 Å². The summed E-state index contributed by atoms with van der Waals surface area (Å²) in [5.74, 6) is 0.978. The van der Waals surface area contributed by atoms with Crippen LogP contribution in [0.5, 0.6) is 11.5 Å². The van der Waals surface area contributed by atoms with E-state index in [1.165, 1.54) is 5.56 Å². The minimum Gasteiger partial charge on any atom is -0.504 e. The van der Waals surface area contributed by atoms with Crippen molar-refractivity contribution in [2.45, 2.75) is 93.1 Å². The van der Waals surface area contributed by atoms with Gasteiger partial charge in [0, 0.05) is 31.1 Å². The van der Waals surface area contributed by atoms with Crippen LogP contribution in [-0.4, -0.2) is 80.6 Å².